The van der Waals surface area contributed by atoms with Crippen molar-refractivity contribution in [3.8, 4) is 78.7 Å². The minimum absolute atomic E-state index is 0.590. The summed E-state index contributed by atoms with van der Waals surface area (Å²) in [5.41, 5.74) is 13.7. The molecule has 59 heavy (non-hydrogen) atoms. The minimum atomic E-state index is 0.590. The van der Waals surface area contributed by atoms with Gasteiger partial charge in [0.05, 0.1) is 0 Å². The van der Waals surface area contributed by atoms with Gasteiger partial charge in [-0.2, -0.15) is 0 Å². The van der Waals surface area contributed by atoms with Crippen molar-refractivity contribution in [1.29, 1.82) is 0 Å². The Morgan fingerprint density at radius 2 is 0.712 bits per heavy atom. The fourth-order valence-electron chi connectivity index (χ4n) is 8.26. The zero-order chi connectivity index (χ0) is 39.1. The van der Waals surface area contributed by atoms with Gasteiger partial charge in [-0.05, 0) is 79.5 Å². The molecule has 0 bridgehead atoms. The summed E-state index contributed by atoms with van der Waals surface area (Å²) in [4.78, 5) is 15.3. The Morgan fingerprint density at radius 1 is 0.254 bits per heavy atom. The van der Waals surface area contributed by atoms with Crippen molar-refractivity contribution < 1.29 is 4.42 Å². The first-order valence-corrected chi connectivity index (χ1v) is 19.8. The molecule has 11 rings (SSSR count). The number of rotatable bonds is 7. The van der Waals surface area contributed by atoms with E-state index in [1.807, 2.05) is 48.5 Å². The molecule has 0 N–H and O–H groups in total. The number of hydrogen-bond acceptors (Lipinski definition) is 4. The monoisotopic (exact) mass is 753 g/mol. The molecule has 0 fully saturated rings. The molecule has 0 unspecified atom stereocenters. The summed E-state index contributed by atoms with van der Waals surface area (Å²) >= 11 is 0. The number of hydrogen-bond donors (Lipinski definition) is 0. The van der Waals surface area contributed by atoms with Crippen molar-refractivity contribution in [3.05, 3.63) is 212 Å². The molecular formula is C55H35N3O. The lowest BCUT2D eigenvalue weighted by molar-refractivity contribution is 0.669. The van der Waals surface area contributed by atoms with Crippen LogP contribution in [0.4, 0.5) is 0 Å². The Balaban J connectivity index is 1.04. The Morgan fingerprint density at radius 3 is 1.37 bits per heavy atom. The molecule has 0 aliphatic rings. The predicted molar refractivity (Wildman–Crippen MR) is 243 cm³/mol. The predicted octanol–water partition coefficient (Wildman–Crippen LogP) is 14.6. The van der Waals surface area contributed by atoms with E-state index in [0.717, 1.165) is 60.9 Å². The van der Waals surface area contributed by atoms with Crippen molar-refractivity contribution in [2.75, 3.05) is 0 Å². The maximum absolute atomic E-state index is 6.53. The Labute approximate surface area is 341 Å². The molecule has 0 radical (unpaired) electrons. The van der Waals surface area contributed by atoms with Crippen LogP contribution in [0.5, 0.6) is 0 Å². The molecule has 11 aromatic rings. The molecule has 2 heterocycles. The van der Waals surface area contributed by atoms with Crippen LogP contribution in [-0.2, 0) is 0 Å². The molecule has 0 atom stereocenters. The largest absolute Gasteiger partial charge is 0.456 e. The molecule has 0 saturated carbocycles. The maximum Gasteiger partial charge on any atom is 0.164 e. The summed E-state index contributed by atoms with van der Waals surface area (Å²) in [5, 5.41) is 4.37. The Kier molecular flexibility index (Phi) is 8.45. The molecule has 276 valence electrons. The van der Waals surface area contributed by atoms with E-state index in [1.165, 1.54) is 33.0 Å². The summed E-state index contributed by atoms with van der Waals surface area (Å²) in [5.74, 6) is 1.82. The molecule has 2 aromatic heterocycles. The number of aromatic nitrogens is 3. The van der Waals surface area contributed by atoms with Crippen LogP contribution in [0.1, 0.15) is 0 Å². The van der Waals surface area contributed by atoms with Crippen molar-refractivity contribution in [1.82, 2.24) is 15.0 Å². The summed E-state index contributed by atoms with van der Waals surface area (Å²) in [6, 6.07) is 74.1. The lowest BCUT2D eigenvalue weighted by atomic mass is 9.90. The van der Waals surface area contributed by atoms with Crippen molar-refractivity contribution in [3.63, 3.8) is 0 Å². The average Bonchev–Trinajstić information content (AvgIpc) is 3.70. The van der Waals surface area contributed by atoms with Crippen LogP contribution in [0, 0.1) is 0 Å². The standard InChI is InChI=1S/C55H35N3O/c1-4-14-36(15-5-1)38-26-28-40(29-27-38)54-56-53(39-18-8-3-9-19-39)57-55(58-54)48-24-13-25-51-52(48)49-35-43(30-33-50(49)59-51)45-32-31-44(46-22-10-11-23-47(45)46)42-21-12-20-41(34-42)37-16-6-2-7-17-37/h1-35H. The molecule has 0 aliphatic heterocycles. The Hall–Kier alpha value is -7.95. The smallest absolute Gasteiger partial charge is 0.164 e. The number of fused-ring (bicyclic) bond motifs is 4. The molecule has 0 spiro atoms. The van der Waals surface area contributed by atoms with Gasteiger partial charge in [-0.3, -0.25) is 0 Å². The summed E-state index contributed by atoms with van der Waals surface area (Å²) < 4.78 is 6.53. The third-order valence-corrected chi connectivity index (χ3v) is 11.2. The lowest BCUT2D eigenvalue weighted by Gasteiger charge is -2.13. The van der Waals surface area contributed by atoms with Crippen LogP contribution in [0.3, 0.4) is 0 Å². The van der Waals surface area contributed by atoms with Gasteiger partial charge in [0.1, 0.15) is 11.2 Å². The van der Waals surface area contributed by atoms with E-state index < -0.39 is 0 Å². The molecule has 0 aliphatic carbocycles. The maximum atomic E-state index is 6.53. The fourth-order valence-corrected chi connectivity index (χ4v) is 8.26. The molecular weight excluding hydrogens is 719 g/mol. The van der Waals surface area contributed by atoms with Crippen molar-refractivity contribution >= 4 is 32.7 Å². The summed E-state index contributed by atoms with van der Waals surface area (Å²) in [6.45, 7) is 0. The van der Waals surface area contributed by atoms with E-state index in [1.54, 1.807) is 0 Å². The van der Waals surface area contributed by atoms with Crippen LogP contribution >= 0.6 is 0 Å². The second-order valence-corrected chi connectivity index (χ2v) is 14.8. The fraction of sp³-hybridized carbons (Fsp3) is 0. The van der Waals surface area contributed by atoms with Crippen LogP contribution in [0.25, 0.3) is 111 Å². The van der Waals surface area contributed by atoms with E-state index >= 15 is 0 Å². The SMILES string of the molecule is c1ccc(-c2ccc(-c3nc(-c4ccccc4)nc(-c4cccc5oc6ccc(-c7ccc(-c8cccc(-c9ccccc9)c8)c8ccccc78)cc6c45)n3)cc2)cc1. The normalized spacial score (nSPS) is 11.4. The quantitative estimate of drug-likeness (QED) is 0.163. The Bertz CT molecular complexity index is 3300. The van der Waals surface area contributed by atoms with E-state index in [9.17, 15) is 0 Å². The van der Waals surface area contributed by atoms with Crippen LogP contribution < -0.4 is 0 Å². The van der Waals surface area contributed by atoms with Gasteiger partial charge in [-0.15, -0.1) is 0 Å². The van der Waals surface area contributed by atoms with Gasteiger partial charge in [-0.25, -0.2) is 15.0 Å². The summed E-state index contributed by atoms with van der Waals surface area (Å²) in [6.07, 6.45) is 0. The number of furan rings is 1. The van der Waals surface area contributed by atoms with Gasteiger partial charge in [0, 0.05) is 27.5 Å². The first-order valence-electron chi connectivity index (χ1n) is 19.8. The van der Waals surface area contributed by atoms with Gasteiger partial charge < -0.3 is 4.42 Å². The average molecular weight is 754 g/mol. The first-order chi connectivity index (χ1) is 29.2. The van der Waals surface area contributed by atoms with E-state index in [4.69, 9.17) is 19.4 Å². The van der Waals surface area contributed by atoms with E-state index in [0.29, 0.717) is 17.5 Å². The first kappa shape index (κ1) is 34.3. The molecule has 4 nitrogen and oxygen atoms in total. The third kappa shape index (κ3) is 6.34. The van der Waals surface area contributed by atoms with Crippen molar-refractivity contribution in [2.24, 2.45) is 0 Å². The third-order valence-electron chi connectivity index (χ3n) is 11.2. The van der Waals surface area contributed by atoms with Crippen LogP contribution in [-0.4, -0.2) is 15.0 Å². The second kappa shape index (κ2) is 14.5. The van der Waals surface area contributed by atoms with Crippen molar-refractivity contribution in [2.45, 2.75) is 0 Å². The van der Waals surface area contributed by atoms with E-state index in [2.05, 4.69) is 164 Å². The van der Waals surface area contributed by atoms with Gasteiger partial charge >= 0.3 is 0 Å². The van der Waals surface area contributed by atoms with Crippen LogP contribution in [0.2, 0.25) is 0 Å². The topological polar surface area (TPSA) is 51.8 Å². The zero-order valence-corrected chi connectivity index (χ0v) is 32.0. The minimum Gasteiger partial charge on any atom is -0.456 e. The number of benzene rings is 9. The highest BCUT2D eigenvalue weighted by molar-refractivity contribution is 6.14. The van der Waals surface area contributed by atoms with Gasteiger partial charge in [0.25, 0.3) is 0 Å². The van der Waals surface area contributed by atoms with Gasteiger partial charge in [-0.1, -0.05) is 188 Å². The number of nitrogens with zero attached hydrogens (tertiary/aromatic N) is 3. The highest BCUT2D eigenvalue weighted by atomic mass is 16.3. The zero-order valence-electron chi connectivity index (χ0n) is 32.0. The van der Waals surface area contributed by atoms with Gasteiger partial charge in [0.2, 0.25) is 0 Å². The molecule has 0 saturated heterocycles. The molecule has 9 aromatic carbocycles. The molecule has 4 heteroatoms. The summed E-state index contributed by atoms with van der Waals surface area (Å²) in [7, 11) is 0. The van der Waals surface area contributed by atoms with Crippen LogP contribution in [0.15, 0.2) is 217 Å². The second-order valence-electron chi connectivity index (χ2n) is 14.8. The van der Waals surface area contributed by atoms with E-state index in [-0.39, 0.29) is 0 Å². The van der Waals surface area contributed by atoms with Gasteiger partial charge in [0.15, 0.2) is 17.5 Å². The highest BCUT2D eigenvalue weighted by Gasteiger charge is 2.19. The highest BCUT2D eigenvalue weighted by Crippen LogP contribution is 2.41. The lowest BCUT2D eigenvalue weighted by Crippen LogP contribution is -2.00. The molecule has 0 amide bonds.